The second-order valence-corrected chi connectivity index (χ2v) is 6.57. The summed E-state index contributed by atoms with van der Waals surface area (Å²) in [5.41, 5.74) is -0.418. The Balaban J connectivity index is 1.84. The number of hydrogen-bond acceptors (Lipinski definition) is 3. The summed E-state index contributed by atoms with van der Waals surface area (Å²) in [4.78, 5) is 14.9. The lowest BCUT2D eigenvalue weighted by molar-refractivity contribution is -0.138. The smallest absolute Gasteiger partial charge is 0.378 e. The molecule has 2 atom stereocenters. The largest absolute Gasteiger partial charge is 0.416 e. The molecule has 2 bridgehead atoms. The lowest BCUT2D eigenvalue weighted by atomic mass is 9.80. The first-order valence-corrected chi connectivity index (χ1v) is 7.79. The molecule has 126 valence electrons. The Morgan fingerprint density at radius 1 is 1.22 bits per heavy atom. The summed E-state index contributed by atoms with van der Waals surface area (Å²) < 4.78 is 44.6. The van der Waals surface area contributed by atoms with E-state index in [2.05, 4.69) is 4.90 Å². The van der Waals surface area contributed by atoms with Crippen LogP contribution >= 0.6 is 0 Å². The molecule has 2 unspecified atom stereocenters. The molecule has 2 aliphatic heterocycles. The van der Waals surface area contributed by atoms with Crippen LogP contribution in [-0.2, 0) is 10.9 Å². The van der Waals surface area contributed by atoms with Gasteiger partial charge in [-0.15, -0.1) is 0 Å². The highest BCUT2D eigenvalue weighted by Gasteiger charge is 2.40. The average molecular weight is 327 g/mol. The molecular formula is C17H20F3NO2. The minimum atomic E-state index is -4.43. The number of rotatable bonds is 2. The fraction of sp³-hybridized carbons (Fsp3) is 0.588. The van der Waals surface area contributed by atoms with Gasteiger partial charge in [0.05, 0.1) is 18.8 Å². The molecule has 0 radical (unpaired) electrons. The SMILES string of the molecule is Cc1ccc(C(=O)C2CC3COCC(C2)N3C)cc1C(F)(F)F. The van der Waals surface area contributed by atoms with Gasteiger partial charge in [0.1, 0.15) is 0 Å². The van der Waals surface area contributed by atoms with Crippen molar-refractivity contribution in [1.29, 1.82) is 0 Å². The number of alkyl halides is 3. The van der Waals surface area contributed by atoms with Crippen LogP contribution in [0.4, 0.5) is 13.2 Å². The Hall–Kier alpha value is -1.40. The number of ether oxygens (including phenoxy) is 1. The van der Waals surface area contributed by atoms with Crippen LogP contribution in [0.15, 0.2) is 18.2 Å². The third-order valence-corrected chi connectivity index (χ3v) is 5.08. The molecule has 0 amide bonds. The van der Waals surface area contributed by atoms with Gasteiger partial charge < -0.3 is 4.74 Å². The number of hydrogen-bond donors (Lipinski definition) is 0. The zero-order valence-electron chi connectivity index (χ0n) is 13.2. The van der Waals surface area contributed by atoms with Gasteiger partial charge in [0.2, 0.25) is 0 Å². The average Bonchev–Trinajstić information content (AvgIpc) is 2.45. The Morgan fingerprint density at radius 2 is 1.83 bits per heavy atom. The number of benzene rings is 1. The number of Topliss-reactive ketones (excluding diaryl/α,β-unsaturated/α-hetero) is 1. The number of halogens is 3. The maximum Gasteiger partial charge on any atom is 0.416 e. The normalized spacial score (nSPS) is 28.7. The van der Waals surface area contributed by atoms with E-state index in [1.807, 2.05) is 7.05 Å². The van der Waals surface area contributed by atoms with Gasteiger partial charge in [-0.05, 0) is 38.4 Å². The van der Waals surface area contributed by atoms with Crippen molar-refractivity contribution in [1.82, 2.24) is 4.90 Å². The summed E-state index contributed by atoms with van der Waals surface area (Å²) >= 11 is 0. The first kappa shape index (κ1) is 16.5. The molecule has 3 nitrogen and oxygen atoms in total. The van der Waals surface area contributed by atoms with Crippen LogP contribution in [0.2, 0.25) is 0 Å². The van der Waals surface area contributed by atoms with Crippen molar-refractivity contribution in [3.63, 3.8) is 0 Å². The first-order valence-electron chi connectivity index (χ1n) is 7.79. The van der Waals surface area contributed by atoms with Gasteiger partial charge in [0.25, 0.3) is 0 Å². The standard InChI is InChI=1S/C17H20F3NO2/c1-10-3-4-11(7-15(10)17(18,19)20)16(22)12-5-13-8-23-9-14(6-12)21(13)2/h3-4,7,12-14H,5-6,8-9H2,1-2H3. The van der Waals surface area contributed by atoms with Gasteiger partial charge in [0, 0.05) is 23.6 Å². The van der Waals surface area contributed by atoms with Crippen molar-refractivity contribution in [2.24, 2.45) is 5.92 Å². The Labute approximate surface area is 133 Å². The molecule has 1 aromatic carbocycles. The third-order valence-electron chi connectivity index (χ3n) is 5.08. The van der Waals surface area contributed by atoms with Gasteiger partial charge in [-0.2, -0.15) is 13.2 Å². The molecule has 2 aliphatic rings. The zero-order valence-corrected chi connectivity index (χ0v) is 13.2. The summed E-state index contributed by atoms with van der Waals surface area (Å²) in [5.74, 6) is -0.408. The number of piperidine rings is 1. The van der Waals surface area contributed by atoms with E-state index in [9.17, 15) is 18.0 Å². The van der Waals surface area contributed by atoms with Gasteiger partial charge in [-0.25, -0.2) is 0 Å². The summed E-state index contributed by atoms with van der Waals surface area (Å²) in [6.45, 7) is 2.57. The highest BCUT2D eigenvalue weighted by atomic mass is 19.4. The van der Waals surface area contributed by atoms with E-state index >= 15 is 0 Å². The first-order chi connectivity index (χ1) is 10.8. The second-order valence-electron chi connectivity index (χ2n) is 6.57. The van der Waals surface area contributed by atoms with E-state index in [4.69, 9.17) is 4.74 Å². The maximum absolute atomic E-state index is 13.0. The van der Waals surface area contributed by atoms with Crippen molar-refractivity contribution in [3.8, 4) is 0 Å². The van der Waals surface area contributed by atoms with E-state index in [1.165, 1.54) is 19.1 Å². The van der Waals surface area contributed by atoms with E-state index in [-0.39, 0.29) is 34.9 Å². The molecule has 0 saturated carbocycles. The molecular weight excluding hydrogens is 307 g/mol. The van der Waals surface area contributed by atoms with Crippen molar-refractivity contribution in [2.45, 2.75) is 38.0 Å². The van der Waals surface area contributed by atoms with Gasteiger partial charge in [-0.1, -0.05) is 12.1 Å². The number of fused-ring (bicyclic) bond motifs is 2. The molecule has 0 aromatic heterocycles. The Morgan fingerprint density at radius 3 is 2.39 bits per heavy atom. The second kappa shape index (κ2) is 5.91. The van der Waals surface area contributed by atoms with E-state index in [0.717, 1.165) is 6.07 Å². The van der Waals surface area contributed by atoms with Crippen LogP contribution in [0.3, 0.4) is 0 Å². The molecule has 0 N–H and O–H groups in total. The molecule has 0 aliphatic carbocycles. The quantitative estimate of drug-likeness (QED) is 0.781. The molecule has 6 heteroatoms. The Kier molecular flexibility index (Phi) is 4.23. The van der Waals surface area contributed by atoms with Gasteiger partial charge in [-0.3, -0.25) is 9.69 Å². The predicted octanol–water partition coefficient (Wildman–Crippen LogP) is 3.31. The summed E-state index contributed by atoms with van der Waals surface area (Å²) in [5, 5.41) is 0. The molecule has 3 rings (SSSR count). The van der Waals surface area contributed by atoms with Crippen LogP contribution < -0.4 is 0 Å². The molecule has 1 aromatic rings. The number of morpholine rings is 1. The van der Waals surface area contributed by atoms with Crippen LogP contribution in [0.25, 0.3) is 0 Å². The predicted molar refractivity (Wildman–Crippen MR) is 79.4 cm³/mol. The highest BCUT2D eigenvalue weighted by Crippen LogP contribution is 2.35. The van der Waals surface area contributed by atoms with E-state index in [1.54, 1.807) is 0 Å². The molecule has 0 spiro atoms. The number of carbonyl (C=O) groups is 1. The summed E-state index contributed by atoms with van der Waals surface area (Å²) in [6, 6.07) is 4.24. The lowest BCUT2D eigenvalue weighted by Gasteiger charge is -2.46. The molecule has 2 fully saturated rings. The number of likely N-dealkylation sites (N-methyl/N-ethyl adjacent to an activating group) is 1. The topological polar surface area (TPSA) is 29.5 Å². The van der Waals surface area contributed by atoms with E-state index < -0.39 is 11.7 Å². The summed E-state index contributed by atoms with van der Waals surface area (Å²) in [7, 11) is 2.02. The van der Waals surface area contributed by atoms with Crippen molar-refractivity contribution < 1.29 is 22.7 Å². The number of ketones is 1. The van der Waals surface area contributed by atoms with E-state index in [0.29, 0.717) is 26.1 Å². The monoisotopic (exact) mass is 327 g/mol. The molecule has 23 heavy (non-hydrogen) atoms. The van der Waals surface area contributed by atoms with Crippen LogP contribution in [0, 0.1) is 12.8 Å². The third kappa shape index (κ3) is 3.15. The van der Waals surface area contributed by atoms with Crippen molar-refractivity contribution in [3.05, 3.63) is 34.9 Å². The number of nitrogens with zero attached hydrogens (tertiary/aromatic N) is 1. The fourth-order valence-electron chi connectivity index (χ4n) is 3.63. The van der Waals surface area contributed by atoms with Gasteiger partial charge in [0.15, 0.2) is 5.78 Å². The Bertz CT molecular complexity index is 600. The fourth-order valence-corrected chi connectivity index (χ4v) is 3.63. The summed E-state index contributed by atoms with van der Waals surface area (Å²) in [6.07, 6.45) is -3.15. The van der Waals surface area contributed by atoms with Crippen LogP contribution in [0.1, 0.15) is 34.3 Å². The highest BCUT2D eigenvalue weighted by molar-refractivity contribution is 5.98. The number of carbonyl (C=O) groups excluding carboxylic acids is 1. The van der Waals surface area contributed by atoms with Crippen LogP contribution in [0.5, 0.6) is 0 Å². The van der Waals surface area contributed by atoms with Crippen LogP contribution in [-0.4, -0.2) is 43.0 Å². The van der Waals surface area contributed by atoms with Gasteiger partial charge >= 0.3 is 6.18 Å². The van der Waals surface area contributed by atoms with Crippen molar-refractivity contribution >= 4 is 5.78 Å². The maximum atomic E-state index is 13.0. The molecule has 2 heterocycles. The molecule has 2 saturated heterocycles. The zero-order chi connectivity index (χ0) is 16.8. The minimum absolute atomic E-state index is 0.141. The minimum Gasteiger partial charge on any atom is -0.378 e. The van der Waals surface area contributed by atoms with Crippen molar-refractivity contribution in [2.75, 3.05) is 20.3 Å². The number of aryl methyl sites for hydroxylation is 1. The lowest BCUT2D eigenvalue weighted by Crippen LogP contribution is -2.55.